The fourth-order valence-corrected chi connectivity index (χ4v) is 4.82. The van der Waals surface area contributed by atoms with Crippen molar-refractivity contribution in [3.05, 3.63) is 53.6 Å². The van der Waals surface area contributed by atoms with Crippen LogP contribution in [-0.4, -0.2) is 77.1 Å². The topological polar surface area (TPSA) is 78.5 Å². The van der Waals surface area contributed by atoms with Gasteiger partial charge in [-0.15, -0.1) is 0 Å². The van der Waals surface area contributed by atoms with E-state index in [0.29, 0.717) is 24.5 Å². The molecule has 1 N–H and O–H groups in total. The van der Waals surface area contributed by atoms with Crippen molar-refractivity contribution in [1.82, 2.24) is 10.2 Å². The number of esters is 1. The summed E-state index contributed by atoms with van der Waals surface area (Å²) in [6, 6.07) is 13.6. The number of carbonyl (C=O) groups is 1. The van der Waals surface area contributed by atoms with Crippen molar-refractivity contribution in [2.45, 2.75) is 44.2 Å². The molecule has 8 heteroatoms. The lowest BCUT2D eigenvalue weighted by molar-refractivity contribution is -0.153. The van der Waals surface area contributed by atoms with Crippen LogP contribution in [0.2, 0.25) is 0 Å². The van der Waals surface area contributed by atoms with Gasteiger partial charge in [0.05, 0.1) is 27.4 Å². The average molecular weight is 513 g/mol. The highest BCUT2D eigenvalue weighted by Gasteiger charge is 2.26. The van der Waals surface area contributed by atoms with E-state index in [2.05, 4.69) is 10.2 Å². The number of nitrogens with zero attached hydrogens (tertiary/aromatic N) is 1. The lowest BCUT2D eigenvalue weighted by atomic mass is 10.00. The fourth-order valence-electron chi connectivity index (χ4n) is 4.82. The third-order valence-electron chi connectivity index (χ3n) is 7.01. The summed E-state index contributed by atoms with van der Waals surface area (Å²) >= 11 is 0. The van der Waals surface area contributed by atoms with Gasteiger partial charge in [-0.05, 0) is 67.6 Å². The first-order chi connectivity index (χ1) is 18.2. The monoisotopic (exact) mass is 512 g/mol. The number of morpholine rings is 1. The van der Waals surface area contributed by atoms with Crippen molar-refractivity contribution in [3.8, 4) is 17.2 Å². The second-order valence-electron chi connectivity index (χ2n) is 9.53. The Morgan fingerprint density at radius 2 is 1.92 bits per heavy atom. The number of benzene rings is 2. The van der Waals surface area contributed by atoms with E-state index in [-0.39, 0.29) is 18.1 Å². The predicted octanol–water partition coefficient (Wildman–Crippen LogP) is 3.77. The molecule has 1 unspecified atom stereocenters. The first-order valence-corrected chi connectivity index (χ1v) is 13.3. The Morgan fingerprint density at radius 3 is 2.68 bits per heavy atom. The average Bonchev–Trinajstić information content (AvgIpc) is 2.96. The molecule has 0 aromatic heterocycles. The molecule has 8 nitrogen and oxygen atoms in total. The van der Waals surface area contributed by atoms with E-state index in [0.717, 1.165) is 82.0 Å². The molecule has 2 aliphatic rings. The van der Waals surface area contributed by atoms with Crippen LogP contribution in [0.5, 0.6) is 17.2 Å². The molecule has 2 heterocycles. The lowest BCUT2D eigenvalue weighted by Crippen LogP contribution is -2.41. The molecule has 0 saturated carbocycles. The van der Waals surface area contributed by atoms with E-state index in [9.17, 15) is 4.79 Å². The summed E-state index contributed by atoms with van der Waals surface area (Å²) in [5.74, 6) is 1.99. The number of hydrogen-bond acceptors (Lipinski definition) is 8. The van der Waals surface area contributed by atoms with Gasteiger partial charge in [0.25, 0.3) is 0 Å². The molecular formula is C29H40N2O6. The Kier molecular flexibility index (Phi) is 10.5. The standard InChI is InChI=1S/C29H40N2O6/c1-33-27-12-10-22(20-28(27)34-2)9-11-26(37-29(32)25-8-3-4-13-30-25)23-6-5-7-24(21-23)36-19-16-31-14-17-35-18-15-31/h5-7,10,12,20-21,25-26,30H,3-4,8-9,11,13-19H2,1-2H3/t25-,26?/m0/s1. The molecule has 0 aliphatic carbocycles. The molecule has 2 aromatic carbocycles. The number of hydrogen-bond donors (Lipinski definition) is 1. The number of ether oxygens (including phenoxy) is 5. The SMILES string of the molecule is COc1ccc(CCC(OC(=O)[C@@H]2CCCCN2)c2cccc(OCCN3CCOCC3)c2)cc1OC. The molecule has 2 aromatic rings. The van der Waals surface area contributed by atoms with Gasteiger partial charge in [0.2, 0.25) is 0 Å². The zero-order valence-corrected chi connectivity index (χ0v) is 22.1. The van der Waals surface area contributed by atoms with Gasteiger partial charge in [-0.1, -0.05) is 24.6 Å². The Morgan fingerprint density at radius 1 is 1.08 bits per heavy atom. The summed E-state index contributed by atoms with van der Waals surface area (Å²) < 4.78 is 28.4. The molecule has 4 rings (SSSR count). The van der Waals surface area contributed by atoms with Crippen LogP contribution in [0.1, 0.15) is 42.9 Å². The normalized spacial score (nSPS) is 19.1. The molecule has 2 fully saturated rings. The number of rotatable bonds is 12. The molecule has 0 bridgehead atoms. The molecule has 0 spiro atoms. The second kappa shape index (κ2) is 14.2. The minimum Gasteiger partial charge on any atom is -0.493 e. The van der Waals surface area contributed by atoms with Crippen LogP contribution in [0.3, 0.4) is 0 Å². The maximum Gasteiger partial charge on any atom is 0.323 e. The molecule has 2 saturated heterocycles. The number of aryl methyl sites for hydroxylation is 1. The van der Waals surface area contributed by atoms with Gasteiger partial charge in [-0.3, -0.25) is 9.69 Å². The van der Waals surface area contributed by atoms with E-state index >= 15 is 0 Å². The highest BCUT2D eigenvalue weighted by atomic mass is 16.5. The zero-order valence-electron chi connectivity index (χ0n) is 22.1. The Hall–Kier alpha value is -2.81. The summed E-state index contributed by atoms with van der Waals surface area (Å²) in [4.78, 5) is 15.4. The van der Waals surface area contributed by atoms with Crippen LogP contribution in [-0.2, 0) is 20.7 Å². The first kappa shape index (κ1) is 27.2. The van der Waals surface area contributed by atoms with Gasteiger partial charge in [0, 0.05) is 19.6 Å². The second-order valence-corrected chi connectivity index (χ2v) is 9.53. The van der Waals surface area contributed by atoms with Gasteiger partial charge in [0.15, 0.2) is 11.5 Å². The van der Waals surface area contributed by atoms with Gasteiger partial charge in [-0.25, -0.2) is 0 Å². The van der Waals surface area contributed by atoms with Crippen molar-refractivity contribution >= 4 is 5.97 Å². The minimum atomic E-state index is -0.382. The zero-order chi connectivity index (χ0) is 25.9. The van der Waals surface area contributed by atoms with Gasteiger partial charge in [0.1, 0.15) is 24.5 Å². The van der Waals surface area contributed by atoms with Crippen molar-refractivity contribution in [2.24, 2.45) is 0 Å². The minimum absolute atomic E-state index is 0.185. The summed E-state index contributed by atoms with van der Waals surface area (Å²) in [6.07, 6.45) is 3.92. The van der Waals surface area contributed by atoms with Gasteiger partial charge < -0.3 is 29.0 Å². The first-order valence-electron chi connectivity index (χ1n) is 13.3. The summed E-state index contributed by atoms with van der Waals surface area (Å²) in [5, 5.41) is 3.30. The van der Waals surface area contributed by atoms with Crippen LogP contribution >= 0.6 is 0 Å². The highest BCUT2D eigenvalue weighted by molar-refractivity contribution is 5.76. The molecule has 0 amide bonds. The smallest absolute Gasteiger partial charge is 0.323 e. The van der Waals surface area contributed by atoms with Crippen molar-refractivity contribution in [2.75, 3.05) is 60.2 Å². The molecule has 202 valence electrons. The largest absolute Gasteiger partial charge is 0.493 e. The maximum atomic E-state index is 13.0. The van der Waals surface area contributed by atoms with Gasteiger partial charge in [-0.2, -0.15) is 0 Å². The van der Waals surface area contributed by atoms with E-state index in [4.69, 9.17) is 23.7 Å². The Balaban J connectivity index is 1.43. The van der Waals surface area contributed by atoms with E-state index in [1.807, 2.05) is 42.5 Å². The summed E-state index contributed by atoms with van der Waals surface area (Å²) in [6.45, 7) is 5.74. The quantitative estimate of drug-likeness (QED) is 0.431. The van der Waals surface area contributed by atoms with Gasteiger partial charge >= 0.3 is 5.97 Å². The van der Waals surface area contributed by atoms with Crippen LogP contribution in [0, 0.1) is 0 Å². The third-order valence-corrected chi connectivity index (χ3v) is 7.01. The molecular weight excluding hydrogens is 472 g/mol. The van der Waals surface area contributed by atoms with Crippen molar-refractivity contribution in [3.63, 3.8) is 0 Å². The van der Waals surface area contributed by atoms with E-state index < -0.39 is 0 Å². The predicted molar refractivity (Wildman–Crippen MR) is 142 cm³/mol. The number of carbonyl (C=O) groups excluding carboxylic acids is 1. The number of piperidine rings is 1. The Bertz CT molecular complexity index is 988. The molecule has 37 heavy (non-hydrogen) atoms. The number of nitrogens with one attached hydrogen (secondary N) is 1. The fraction of sp³-hybridized carbons (Fsp3) is 0.552. The van der Waals surface area contributed by atoms with Crippen LogP contribution < -0.4 is 19.5 Å². The number of methoxy groups -OCH3 is 2. The van der Waals surface area contributed by atoms with Crippen LogP contribution in [0.4, 0.5) is 0 Å². The van der Waals surface area contributed by atoms with Crippen molar-refractivity contribution in [1.29, 1.82) is 0 Å². The van der Waals surface area contributed by atoms with E-state index in [1.165, 1.54) is 0 Å². The highest BCUT2D eigenvalue weighted by Crippen LogP contribution is 2.31. The Labute approximate surface area is 220 Å². The summed E-state index contributed by atoms with van der Waals surface area (Å²) in [5.41, 5.74) is 2.03. The van der Waals surface area contributed by atoms with E-state index in [1.54, 1.807) is 14.2 Å². The maximum absolute atomic E-state index is 13.0. The lowest BCUT2D eigenvalue weighted by Gasteiger charge is -2.27. The third kappa shape index (κ3) is 8.09. The summed E-state index contributed by atoms with van der Waals surface area (Å²) in [7, 11) is 3.26. The molecule has 2 atom stereocenters. The van der Waals surface area contributed by atoms with Crippen molar-refractivity contribution < 1.29 is 28.5 Å². The van der Waals surface area contributed by atoms with Crippen LogP contribution in [0.15, 0.2) is 42.5 Å². The molecule has 0 radical (unpaired) electrons. The van der Waals surface area contributed by atoms with Crippen LogP contribution in [0.25, 0.3) is 0 Å². The molecule has 2 aliphatic heterocycles.